The first-order valence-electron chi connectivity index (χ1n) is 8.08. The lowest BCUT2D eigenvalue weighted by Gasteiger charge is -2.48. The Morgan fingerprint density at radius 2 is 2.00 bits per heavy atom. The Morgan fingerprint density at radius 1 is 1.27 bits per heavy atom. The first-order chi connectivity index (χ1) is 10.7. The Balaban J connectivity index is 1.67. The van der Waals surface area contributed by atoms with Gasteiger partial charge in [0.25, 0.3) is 5.91 Å². The molecule has 2 heterocycles. The number of carbonyl (C=O) groups is 1. The minimum atomic E-state index is -0.356. The number of aromatic nitrogens is 2. The van der Waals surface area contributed by atoms with Gasteiger partial charge in [0.1, 0.15) is 5.69 Å². The van der Waals surface area contributed by atoms with Crippen LogP contribution in [-0.4, -0.2) is 59.2 Å². The van der Waals surface area contributed by atoms with Crippen molar-refractivity contribution >= 4 is 5.91 Å². The zero-order chi connectivity index (χ0) is 15.4. The van der Waals surface area contributed by atoms with Gasteiger partial charge in [-0.25, -0.2) is 4.79 Å². The molecule has 1 amide bonds. The summed E-state index contributed by atoms with van der Waals surface area (Å²) in [6.45, 7) is 4.01. The van der Waals surface area contributed by atoms with Gasteiger partial charge in [-0.2, -0.15) is 0 Å². The largest absolute Gasteiger partial charge is 0.379 e. The van der Waals surface area contributed by atoms with Crippen LogP contribution in [0.25, 0.3) is 0 Å². The Kier molecular flexibility index (Phi) is 4.63. The van der Waals surface area contributed by atoms with E-state index in [1.807, 2.05) is 0 Å². The molecule has 2 aliphatic rings. The van der Waals surface area contributed by atoms with Crippen LogP contribution in [0.15, 0.2) is 11.0 Å². The van der Waals surface area contributed by atoms with Crippen molar-refractivity contribution in [3.8, 4) is 0 Å². The smallest absolute Gasteiger partial charge is 0.323 e. The minimum Gasteiger partial charge on any atom is -0.379 e. The Hall–Kier alpha value is -1.60. The summed E-state index contributed by atoms with van der Waals surface area (Å²) in [6.07, 6.45) is 7.31. The van der Waals surface area contributed by atoms with Gasteiger partial charge < -0.3 is 20.0 Å². The molecular weight excluding hydrogens is 284 g/mol. The maximum atomic E-state index is 12.2. The van der Waals surface area contributed by atoms with E-state index in [1.54, 1.807) is 0 Å². The summed E-state index contributed by atoms with van der Waals surface area (Å²) >= 11 is 0. The first kappa shape index (κ1) is 15.3. The lowest BCUT2D eigenvalue weighted by molar-refractivity contribution is -0.0361. The molecule has 0 unspecified atom stereocenters. The van der Waals surface area contributed by atoms with E-state index < -0.39 is 0 Å². The van der Waals surface area contributed by atoms with E-state index in [4.69, 9.17) is 4.74 Å². The van der Waals surface area contributed by atoms with Crippen LogP contribution in [0.5, 0.6) is 0 Å². The fraction of sp³-hybridized carbons (Fsp3) is 0.733. The number of nitrogens with one attached hydrogen (secondary N) is 3. The van der Waals surface area contributed by atoms with Gasteiger partial charge in [-0.3, -0.25) is 9.69 Å². The molecule has 3 N–H and O–H groups in total. The summed E-state index contributed by atoms with van der Waals surface area (Å²) in [5, 5.41) is 3.01. The van der Waals surface area contributed by atoms with Gasteiger partial charge >= 0.3 is 5.69 Å². The van der Waals surface area contributed by atoms with Gasteiger partial charge in [-0.1, -0.05) is 19.3 Å². The zero-order valence-corrected chi connectivity index (χ0v) is 12.8. The molecule has 0 radical (unpaired) electrons. The number of ether oxygens (including phenoxy) is 1. The second kappa shape index (κ2) is 6.66. The fourth-order valence-electron chi connectivity index (χ4n) is 3.65. The Morgan fingerprint density at radius 3 is 2.64 bits per heavy atom. The highest BCUT2D eigenvalue weighted by Gasteiger charge is 2.38. The van der Waals surface area contributed by atoms with E-state index in [1.165, 1.54) is 25.5 Å². The van der Waals surface area contributed by atoms with E-state index in [2.05, 4.69) is 20.2 Å². The zero-order valence-electron chi connectivity index (χ0n) is 12.8. The lowest BCUT2D eigenvalue weighted by atomic mass is 9.79. The number of carbonyl (C=O) groups excluding carboxylic acids is 1. The average molecular weight is 308 g/mol. The predicted octanol–water partition coefficient (Wildman–Crippen LogP) is 0.468. The van der Waals surface area contributed by atoms with Crippen LogP contribution in [0.4, 0.5) is 0 Å². The van der Waals surface area contributed by atoms with E-state index in [0.29, 0.717) is 6.54 Å². The summed E-state index contributed by atoms with van der Waals surface area (Å²) in [5.41, 5.74) is -0.0301. The number of H-pyrrole nitrogens is 2. The summed E-state index contributed by atoms with van der Waals surface area (Å²) in [7, 11) is 0. The van der Waals surface area contributed by atoms with Gasteiger partial charge in [0, 0.05) is 31.4 Å². The number of hydrogen-bond acceptors (Lipinski definition) is 4. The Labute approximate surface area is 129 Å². The van der Waals surface area contributed by atoms with Gasteiger partial charge in [0.05, 0.1) is 13.2 Å². The fourth-order valence-corrected chi connectivity index (χ4v) is 3.65. The van der Waals surface area contributed by atoms with Crippen molar-refractivity contribution in [2.45, 2.75) is 37.6 Å². The van der Waals surface area contributed by atoms with Crippen LogP contribution in [-0.2, 0) is 4.74 Å². The molecule has 0 atom stereocenters. The van der Waals surface area contributed by atoms with Crippen molar-refractivity contribution in [3.63, 3.8) is 0 Å². The van der Waals surface area contributed by atoms with Crippen LogP contribution in [0.2, 0.25) is 0 Å². The van der Waals surface area contributed by atoms with E-state index in [0.717, 1.165) is 39.1 Å². The van der Waals surface area contributed by atoms with Crippen molar-refractivity contribution in [2.75, 3.05) is 32.8 Å². The van der Waals surface area contributed by atoms with Crippen molar-refractivity contribution in [2.24, 2.45) is 0 Å². The highest BCUT2D eigenvalue weighted by molar-refractivity contribution is 5.91. The molecule has 0 aromatic carbocycles. The average Bonchev–Trinajstić information content (AvgIpc) is 3.01. The first-order valence-corrected chi connectivity index (χ1v) is 8.08. The monoisotopic (exact) mass is 308 g/mol. The van der Waals surface area contributed by atoms with Crippen LogP contribution in [0.3, 0.4) is 0 Å². The standard InChI is InChI=1S/C15H24N4O3/c20-13(12-10-16-14(21)18-12)17-11-15(4-2-1-3-5-15)19-6-8-22-9-7-19/h10H,1-9,11H2,(H,17,20)(H2,16,18,21). The number of imidazole rings is 1. The quantitative estimate of drug-likeness (QED) is 0.754. The second-order valence-electron chi connectivity index (χ2n) is 6.22. The van der Waals surface area contributed by atoms with Crippen molar-refractivity contribution in [1.29, 1.82) is 0 Å². The molecule has 1 aromatic heterocycles. The third kappa shape index (κ3) is 3.25. The summed E-state index contributed by atoms with van der Waals surface area (Å²) < 4.78 is 5.46. The highest BCUT2D eigenvalue weighted by Crippen LogP contribution is 2.33. The molecule has 1 saturated heterocycles. The van der Waals surface area contributed by atoms with Crippen molar-refractivity contribution in [1.82, 2.24) is 20.2 Å². The number of rotatable bonds is 4. The third-order valence-corrected chi connectivity index (χ3v) is 4.88. The van der Waals surface area contributed by atoms with E-state index >= 15 is 0 Å². The minimum absolute atomic E-state index is 0.0360. The molecule has 3 rings (SSSR count). The Bertz CT molecular complexity index is 553. The second-order valence-corrected chi connectivity index (χ2v) is 6.22. The summed E-state index contributed by atoms with van der Waals surface area (Å²) in [4.78, 5) is 30.7. The van der Waals surface area contributed by atoms with E-state index in [-0.39, 0.29) is 22.8 Å². The summed E-state index contributed by atoms with van der Waals surface area (Å²) in [6, 6.07) is 0. The van der Waals surface area contributed by atoms with Gasteiger partial charge in [-0.05, 0) is 12.8 Å². The SMILES string of the molecule is O=C(NCC1(N2CCOCC2)CCCCC1)c1c[nH]c(=O)[nH]1. The molecule has 7 heteroatoms. The highest BCUT2D eigenvalue weighted by atomic mass is 16.5. The normalized spacial score (nSPS) is 22.4. The maximum Gasteiger partial charge on any atom is 0.323 e. The molecule has 0 bridgehead atoms. The number of nitrogens with zero attached hydrogens (tertiary/aromatic N) is 1. The molecule has 7 nitrogen and oxygen atoms in total. The number of hydrogen-bond donors (Lipinski definition) is 3. The topological polar surface area (TPSA) is 90.2 Å². The van der Waals surface area contributed by atoms with Crippen LogP contribution in [0.1, 0.15) is 42.6 Å². The maximum absolute atomic E-state index is 12.2. The number of morpholine rings is 1. The molecule has 2 fully saturated rings. The summed E-state index contributed by atoms with van der Waals surface area (Å²) in [5.74, 6) is -0.225. The molecule has 1 aliphatic carbocycles. The molecular formula is C15H24N4O3. The van der Waals surface area contributed by atoms with Crippen LogP contribution < -0.4 is 11.0 Å². The molecule has 122 valence electrons. The third-order valence-electron chi connectivity index (χ3n) is 4.88. The molecule has 1 aromatic rings. The van der Waals surface area contributed by atoms with E-state index in [9.17, 15) is 9.59 Å². The molecule has 22 heavy (non-hydrogen) atoms. The molecule has 1 saturated carbocycles. The predicted molar refractivity (Wildman–Crippen MR) is 82.0 cm³/mol. The van der Waals surface area contributed by atoms with Gasteiger partial charge in [-0.15, -0.1) is 0 Å². The number of amides is 1. The van der Waals surface area contributed by atoms with Crippen molar-refractivity contribution < 1.29 is 9.53 Å². The van der Waals surface area contributed by atoms with Crippen LogP contribution >= 0.6 is 0 Å². The lowest BCUT2D eigenvalue weighted by Crippen LogP contribution is -2.59. The van der Waals surface area contributed by atoms with Crippen molar-refractivity contribution in [3.05, 3.63) is 22.4 Å². The molecule has 1 aliphatic heterocycles. The van der Waals surface area contributed by atoms with Gasteiger partial charge in [0.2, 0.25) is 0 Å². The van der Waals surface area contributed by atoms with Gasteiger partial charge in [0.15, 0.2) is 0 Å². The molecule has 0 spiro atoms. The number of aromatic amines is 2. The van der Waals surface area contributed by atoms with Crippen LogP contribution in [0, 0.1) is 0 Å².